The van der Waals surface area contributed by atoms with Crippen LogP contribution in [0.15, 0.2) is 48.5 Å². The first-order chi connectivity index (χ1) is 11.7. The molecule has 0 spiro atoms. The summed E-state index contributed by atoms with van der Waals surface area (Å²) in [7, 11) is -2.39. The van der Waals surface area contributed by atoms with Crippen LogP contribution in [0.5, 0.6) is 5.75 Å². The molecule has 0 saturated carbocycles. The Labute approximate surface area is 146 Å². The Kier molecular flexibility index (Phi) is 5.63. The van der Waals surface area contributed by atoms with Crippen molar-refractivity contribution in [3.63, 3.8) is 0 Å². The van der Waals surface area contributed by atoms with Crippen LogP contribution in [0.4, 0.5) is 15.8 Å². The highest BCUT2D eigenvalue weighted by Crippen LogP contribution is 2.25. The van der Waals surface area contributed by atoms with Crippen LogP contribution in [0.25, 0.3) is 0 Å². The fraction of sp³-hybridized carbons (Fsp3) is 0.235. The van der Waals surface area contributed by atoms with Crippen LogP contribution >= 0.6 is 0 Å². The normalized spacial score (nSPS) is 12.3. The first-order valence-corrected chi connectivity index (χ1v) is 9.27. The Hall–Kier alpha value is -2.61. The first-order valence-electron chi connectivity index (χ1n) is 7.43. The van der Waals surface area contributed by atoms with Crippen LogP contribution in [0.1, 0.15) is 6.92 Å². The van der Waals surface area contributed by atoms with Crippen LogP contribution in [-0.4, -0.2) is 33.7 Å². The Morgan fingerprint density at radius 1 is 1.20 bits per heavy atom. The summed E-state index contributed by atoms with van der Waals surface area (Å²) >= 11 is 0. The second-order valence-electron chi connectivity index (χ2n) is 5.41. The minimum atomic E-state index is -3.88. The molecule has 1 unspecified atom stereocenters. The van der Waals surface area contributed by atoms with Crippen LogP contribution in [0, 0.1) is 5.82 Å². The fourth-order valence-electron chi connectivity index (χ4n) is 2.36. The van der Waals surface area contributed by atoms with E-state index in [1.165, 1.54) is 32.2 Å². The number of para-hydroxylation sites is 1. The van der Waals surface area contributed by atoms with Crippen LogP contribution in [0.2, 0.25) is 0 Å². The molecular formula is C17H19FN2O4S. The molecule has 0 bridgehead atoms. The third-order valence-corrected chi connectivity index (χ3v) is 4.74. The molecule has 1 N–H and O–H groups in total. The minimum Gasteiger partial charge on any atom is -0.497 e. The SMILES string of the molecule is COc1cccc(NC(=O)C(C)N(c2ccccc2F)S(C)(=O)=O)c1. The molecular weight excluding hydrogens is 347 g/mol. The highest BCUT2D eigenvalue weighted by molar-refractivity contribution is 7.92. The van der Waals surface area contributed by atoms with Crippen molar-refractivity contribution in [2.45, 2.75) is 13.0 Å². The maximum Gasteiger partial charge on any atom is 0.247 e. The van der Waals surface area contributed by atoms with Crippen LogP contribution in [0.3, 0.4) is 0 Å². The predicted molar refractivity (Wildman–Crippen MR) is 94.8 cm³/mol. The van der Waals surface area contributed by atoms with E-state index in [1.807, 2.05) is 0 Å². The molecule has 0 aromatic heterocycles. The van der Waals surface area contributed by atoms with E-state index in [2.05, 4.69) is 5.32 Å². The van der Waals surface area contributed by atoms with Gasteiger partial charge in [0.2, 0.25) is 15.9 Å². The molecule has 0 fully saturated rings. The summed E-state index contributed by atoms with van der Waals surface area (Å²) in [5.74, 6) is -0.782. The van der Waals surface area contributed by atoms with Gasteiger partial charge in [-0.2, -0.15) is 0 Å². The zero-order valence-corrected chi connectivity index (χ0v) is 14.9. The van der Waals surface area contributed by atoms with Gasteiger partial charge in [0.1, 0.15) is 17.6 Å². The Balaban J connectivity index is 2.32. The van der Waals surface area contributed by atoms with Crippen molar-refractivity contribution in [1.29, 1.82) is 0 Å². The molecule has 25 heavy (non-hydrogen) atoms. The molecule has 0 radical (unpaired) electrons. The summed E-state index contributed by atoms with van der Waals surface area (Å²) in [4.78, 5) is 12.5. The summed E-state index contributed by atoms with van der Waals surface area (Å²) in [6, 6.07) is 10.9. The van der Waals surface area contributed by atoms with Crippen molar-refractivity contribution >= 4 is 27.3 Å². The van der Waals surface area contributed by atoms with Crippen molar-refractivity contribution < 1.29 is 22.3 Å². The summed E-state index contributed by atoms with van der Waals surface area (Å²) < 4.78 is 44.2. The number of halogens is 1. The third-order valence-electron chi connectivity index (χ3n) is 3.52. The smallest absolute Gasteiger partial charge is 0.247 e. The van der Waals surface area contributed by atoms with Crippen LogP contribution in [-0.2, 0) is 14.8 Å². The highest BCUT2D eigenvalue weighted by Gasteiger charge is 2.30. The number of rotatable bonds is 6. The van der Waals surface area contributed by atoms with Crippen molar-refractivity contribution in [3.05, 3.63) is 54.3 Å². The average molecular weight is 366 g/mol. The van der Waals surface area contributed by atoms with Gasteiger partial charge in [-0.1, -0.05) is 18.2 Å². The lowest BCUT2D eigenvalue weighted by Crippen LogP contribution is -2.45. The van der Waals surface area contributed by atoms with Gasteiger partial charge in [-0.3, -0.25) is 9.10 Å². The van der Waals surface area contributed by atoms with Gasteiger partial charge in [0.15, 0.2) is 0 Å². The molecule has 2 aromatic carbocycles. The molecule has 0 aliphatic carbocycles. The fourth-order valence-corrected chi connectivity index (χ4v) is 3.53. The number of nitrogens with one attached hydrogen (secondary N) is 1. The lowest BCUT2D eigenvalue weighted by molar-refractivity contribution is -0.116. The van der Waals surface area contributed by atoms with E-state index in [1.54, 1.807) is 24.3 Å². The van der Waals surface area contributed by atoms with Crippen LogP contribution < -0.4 is 14.4 Å². The molecule has 1 amide bonds. The summed E-state index contributed by atoms with van der Waals surface area (Å²) in [5.41, 5.74) is 0.261. The van der Waals surface area contributed by atoms with Gasteiger partial charge in [-0.25, -0.2) is 12.8 Å². The molecule has 0 saturated heterocycles. The molecule has 1 atom stereocenters. The number of hydrogen-bond donors (Lipinski definition) is 1. The number of ether oxygens (including phenoxy) is 1. The van der Waals surface area contributed by atoms with Crippen molar-refractivity contribution in [2.75, 3.05) is 23.0 Å². The van der Waals surface area contributed by atoms with E-state index in [0.29, 0.717) is 11.4 Å². The first kappa shape index (κ1) is 18.7. The number of benzene rings is 2. The zero-order chi connectivity index (χ0) is 18.6. The molecule has 0 aliphatic rings. The molecule has 8 heteroatoms. The van der Waals surface area contributed by atoms with Gasteiger partial charge >= 0.3 is 0 Å². The largest absolute Gasteiger partial charge is 0.497 e. The lowest BCUT2D eigenvalue weighted by atomic mass is 10.2. The van der Waals surface area contributed by atoms with Crippen molar-refractivity contribution in [3.8, 4) is 5.75 Å². The summed E-state index contributed by atoms with van der Waals surface area (Å²) in [6.45, 7) is 1.39. The van der Waals surface area contributed by atoms with Gasteiger partial charge in [0, 0.05) is 11.8 Å². The number of carbonyl (C=O) groups is 1. The maximum atomic E-state index is 14.1. The number of methoxy groups -OCH3 is 1. The Bertz CT molecular complexity index is 870. The maximum absolute atomic E-state index is 14.1. The summed E-state index contributed by atoms with van der Waals surface area (Å²) in [6.07, 6.45) is 0.925. The van der Waals surface area contributed by atoms with Gasteiger partial charge in [0.25, 0.3) is 0 Å². The van der Waals surface area contributed by atoms with E-state index >= 15 is 0 Å². The Morgan fingerprint density at radius 2 is 1.88 bits per heavy atom. The number of anilines is 2. The van der Waals surface area contributed by atoms with Crippen molar-refractivity contribution in [1.82, 2.24) is 0 Å². The number of amides is 1. The predicted octanol–water partition coefficient (Wildman–Crippen LogP) is 2.63. The van der Waals surface area contributed by atoms with E-state index in [-0.39, 0.29) is 5.69 Å². The molecule has 2 aromatic rings. The van der Waals surface area contributed by atoms with E-state index in [0.717, 1.165) is 16.6 Å². The zero-order valence-electron chi connectivity index (χ0n) is 14.1. The van der Waals surface area contributed by atoms with E-state index in [9.17, 15) is 17.6 Å². The number of carbonyl (C=O) groups excluding carboxylic acids is 1. The molecule has 2 rings (SSSR count). The third kappa shape index (κ3) is 4.48. The standard InChI is InChI=1S/C17H19FN2O4S/c1-12(17(21)19-13-7-6-8-14(11-13)24-2)20(25(3,22)23)16-10-5-4-9-15(16)18/h4-12H,1-3H3,(H,19,21). The second kappa shape index (κ2) is 7.52. The summed E-state index contributed by atoms with van der Waals surface area (Å²) in [5, 5.41) is 2.61. The number of nitrogens with zero attached hydrogens (tertiary/aromatic N) is 1. The van der Waals surface area contributed by atoms with E-state index < -0.39 is 27.8 Å². The number of hydrogen-bond acceptors (Lipinski definition) is 4. The highest BCUT2D eigenvalue weighted by atomic mass is 32.2. The second-order valence-corrected chi connectivity index (χ2v) is 7.27. The van der Waals surface area contributed by atoms with Gasteiger partial charge in [0.05, 0.1) is 19.1 Å². The minimum absolute atomic E-state index is 0.182. The monoisotopic (exact) mass is 366 g/mol. The molecule has 134 valence electrons. The molecule has 6 nitrogen and oxygen atoms in total. The topological polar surface area (TPSA) is 75.7 Å². The van der Waals surface area contributed by atoms with Gasteiger partial charge < -0.3 is 10.1 Å². The number of sulfonamides is 1. The molecule has 0 heterocycles. The average Bonchev–Trinajstić information content (AvgIpc) is 2.55. The van der Waals surface area contributed by atoms with Crippen molar-refractivity contribution in [2.24, 2.45) is 0 Å². The van der Waals surface area contributed by atoms with Gasteiger partial charge in [-0.05, 0) is 31.2 Å². The Morgan fingerprint density at radius 3 is 2.48 bits per heavy atom. The quantitative estimate of drug-likeness (QED) is 0.853. The lowest BCUT2D eigenvalue weighted by Gasteiger charge is -2.28. The molecule has 0 aliphatic heterocycles. The van der Waals surface area contributed by atoms with E-state index in [4.69, 9.17) is 4.74 Å². The van der Waals surface area contributed by atoms with Gasteiger partial charge in [-0.15, -0.1) is 0 Å².